The maximum Gasteiger partial charge on any atom is 0.325 e. The highest BCUT2D eigenvalue weighted by Crippen LogP contribution is 2.40. The van der Waals surface area contributed by atoms with E-state index in [1.54, 1.807) is 18.7 Å². The van der Waals surface area contributed by atoms with E-state index in [4.69, 9.17) is 0 Å². The van der Waals surface area contributed by atoms with Gasteiger partial charge in [0.15, 0.2) is 0 Å². The van der Waals surface area contributed by atoms with Gasteiger partial charge in [-0.05, 0) is 47.0 Å². The number of carbonyl (C=O) groups excluding carboxylic acids is 4. The molecule has 0 bridgehead atoms. The molecule has 0 radical (unpaired) electrons. The number of urea groups is 1. The molecule has 8 heteroatoms. The number of carbonyl (C=O) groups is 4. The normalized spacial score (nSPS) is 28.5. The van der Waals surface area contributed by atoms with E-state index in [1.807, 2.05) is 18.7 Å². The van der Waals surface area contributed by atoms with Gasteiger partial charge in [-0.3, -0.25) is 19.3 Å². The molecule has 3 aliphatic heterocycles. The number of piperidine rings is 1. The van der Waals surface area contributed by atoms with Gasteiger partial charge in [-0.2, -0.15) is 0 Å². The van der Waals surface area contributed by atoms with Crippen LogP contribution in [0.2, 0.25) is 0 Å². The van der Waals surface area contributed by atoms with Crippen molar-refractivity contribution in [2.45, 2.75) is 58.5 Å². The summed E-state index contributed by atoms with van der Waals surface area (Å²) in [5, 5.41) is 2.58. The Morgan fingerprint density at radius 3 is 2.38 bits per heavy atom. The average molecular weight is 364 g/mol. The Morgan fingerprint density at radius 2 is 1.81 bits per heavy atom. The van der Waals surface area contributed by atoms with Gasteiger partial charge in [0.2, 0.25) is 11.8 Å². The molecule has 0 aliphatic carbocycles. The molecule has 0 aromatic heterocycles. The quantitative estimate of drug-likeness (QED) is 0.741. The van der Waals surface area contributed by atoms with Gasteiger partial charge in [0, 0.05) is 25.7 Å². The van der Waals surface area contributed by atoms with Crippen molar-refractivity contribution in [2.24, 2.45) is 5.41 Å². The molecule has 0 aromatic rings. The summed E-state index contributed by atoms with van der Waals surface area (Å²) in [4.78, 5) is 54.4. The predicted molar refractivity (Wildman–Crippen MR) is 94.0 cm³/mol. The highest BCUT2D eigenvalue weighted by atomic mass is 16.2. The number of likely N-dealkylation sites (tertiary alicyclic amines) is 2. The highest BCUT2D eigenvalue weighted by molar-refractivity contribution is 6.08. The molecule has 1 spiro atoms. The summed E-state index contributed by atoms with van der Waals surface area (Å²) < 4.78 is 0. The summed E-state index contributed by atoms with van der Waals surface area (Å²) in [5.41, 5.74) is -1.49. The summed E-state index contributed by atoms with van der Waals surface area (Å²) >= 11 is 0. The lowest BCUT2D eigenvalue weighted by Gasteiger charge is -2.41. The van der Waals surface area contributed by atoms with E-state index in [0.29, 0.717) is 19.5 Å². The topological polar surface area (TPSA) is 90.0 Å². The monoisotopic (exact) mass is 364 g/mol. The molecule has 3 heterocycles. The fourth-order valence-electron chi connectivity index (χ4n) is 4.25. The van der Waals surface area contributed by atoms with E-state index in [1.165, 1.54) is 0 Å². The van der Waals surface area contributed by atoms with Crippen molar-refractivity contribution in [3.05, 3.63) is 0 Å². The molecule has 0 aromatic carbocycles. The van der Waals surface area contributed by atoms with Crippen LogP contribution < -0.4 is 5.32 Å². The van der Waals surface area contributed by atoms with Crippen LogP contribution >= 0.6 is 0 Å². The van der Waals surface area contributed by atoms with Crippen molar-refractivity contribution >= 4 is 23.8 Å². The third kappa shape index (κ3) is 2.95. The molecule has 0 unspecified atom stereocenters. The Bertz CT molecular complexity index is 660. The number of nitrogens with zero attached hydrogens (tertiary/aromatic N) is 3. The Balaban J connectivity index is 1.67. The minimum Gasteiger partial charge on any atom is -0.340 e. The van der Waals surface area contributed by atoms with Crippen LogP contribution in [0.5, 0.6) is 0 Å². The SMILES string of the molecule is CC(C)N1CCC[C@]2(CCN(C(=O)CN3C(=O)NC(C)(C)C3=O)C2)C1=O. The molecule has 1 N–H and O–H groups in total. The summed E-state index contributed by atoms with van der Waals surface area (Å²) in [5.74, 6) is -0.549. The van der Waals surface area contributed by atoms with Crippen molar-refractivity contribution in [3.8, 4) is 0 Å². The molecule has 3 saturated heterocycles. The molecule has 144 valence electrons. The standard InChI is InChI=1S/C18H28N4O4/c1-12(2)21-8-5-6-18(15(21)25)7-9-20(11-18)13(23)10-22-14(24)17(3,4)19-16(22)26/h12H,5-11H2,1-4H3,(H,19,26)/t18-/m1/s1. The zero-order valence-corrected chi connectivity index (χ0v) is 16.0. The fraction of sp³-hybridized carbons (Fsp3) is 0.778. The van der Waals surface area contributed by atoms with Gasteiger partial charge in [0.25, 0.3) is 5.91 Å². The van der Waals surface area contributed by atoms with Crippen LogP contribution in [0.25, 0.3) is 0 Å². The second-order valence-electron chi connectivity index (χ2n) is 8.49. The van der Waals surface area contributed by atoms with Gasteiger partial charge in [0.05, 0.1) is 5.41 Å². The molecule has 5 amide bonds. The molecular weight excluding hydrogens is 336 g/mol. The van der Waals surface area contributed by atoms with Crippen molar-refractivity contribution in [3.63, 3.8) is 0 Å². The molecular formula is C18H28N4O4. The van der Waals surface area contributed by atoms with E-state index in [2.05, 4.69) is 5.32 Å². The first-order valence-corrected chi connectivity index (χ1v) is 9.30. The molecule has 26 heavy (non-hydrogen) atoms. The minimum atomic E-state index is -0.985. The van der Waals surface area contributed by atoms with Crippen LogP contribution in [-0.2, 0) is 14.4 Å². The van der Waals surface area contributed by atoms with Gasteiger partial charge >= 0.3 is 6.03 Å². The number of amides is 5. The third-order valence-corrected chi connectivity index (χ3v) is 5.84. The summed E-state index contributed by atoms with van der Waals surface area (Å²) in [6.45, 7) is 8.61. The summed E-state index contributed by atoms with van der Waals surface area (Å²) in [6, 6.07) is -0.389. The lowest BCUT2D eigenvalue weighted by atomic mass is 9.78. The molecule has 3 fully saturated rings. The summed E-state index contributed by atoms with van der Waals surface area (Å²) in [6.07, 6.45) is 2.37. The zero-order chi connectivity index (χ0) is 19.3. The first-order chi connectivity index (χ1) is 12.1. The van der Waals surface area contributed by atoms with Crippen LogP contribution in [0.15, 0.2) is 0 Å². The van der Waals surface area contributed by atoms with E-state index in [0.717, 1.165) is 24.3 Å². The van der Waals surface area contributed by atoms with E-state index in [-0.39, 0.29) is 24.4 Å². The maximum absolute atomic E-state index is 13.0. The van der Waals surface area contributed by atoms with Crippen molar-refractivity contribution < 1.29 is 19.2 Å². The zero-order valence-electron chi connectivity index (χ0n) is 16.0. The van der Waals surface area contributed by atoms with E-state index < -0.39 is 22.9 Å². The second-order valence-corrected chi connectivity index (χ2v) is 8.49. The number of hydrogen-bond acceptors (Lipinski definition) is 4. The van der Waals surface area contributed by atoms with Crippen LogP contribution in [0.3, 0.4) is 0 Å². The van der Waals surface area contributed by atoms with Gasteiger partial charge in [-0.25, -0.2) is 4.79 Å². The first-order valence-electron chi connectivity index (χ1n) is 9.30. The van der Waals surface area contributed by atoms with Gasteiger partial charge in [-0.15, -0.1) is 0 Å². The predicted octanol–water partition coefficient (Wildman–Crippen LogP) is 0.566. The van der Waals surface area contributed by atoms with Crippen LogP contribution in [0, 0.1) is 5.41 Å². The number of nitrogens with one attached hydrogen (secondary N) is 1. The maximum atomic E-state index is 13.0. The second kappa shape index (κ2) is 6.25. The molecule has 8 nitrogen and oxygen atoms in total. The number of hydrogen-bond donors (Lipinski definition) is 1. The molecule has 3 rings (SSSR count). The highest BCUT2D eigenvalue weighted by Gasteiger charge is 2.51. The lowest BCUT2D eigenvalue weighted by Crippen LogP contribution is -2.53. The Morgan fingerprint density at radius 1 is 1.12 bits per heavy atom. The van der Waals surface area contributed by atoms with Crippen LogP contribution in [0.1, 0.15) is 47.0 Å². The number of imide groups is 1. The molecule has 0 saturated carbocycles. The lowest BCUT2D eigenvalue weighted by molar-refractivity contribution is -0.148. The largest absolute Gasteiger partial charge is 0.340 e. The Hall–Kier alpha value is -2.12. The minimum absolute atomic E-state index is 0.130. The van der Waals surface area contributed by atoms with Crippen molar-refractivity contribution in [1.82, 2.24) is 20.0 Å². The van der Waals surface area contributed by atoms with E-state index >= 15 is 0 Å². The van der Waals surface area contributed by atoms with Crippen LogP contribution in [-0.4, -0.2) is 76.2 Å². The van der Waals surface area contributed by atoms with E-state index in [9.17, 15) is 19.2 Å². The number of rotatable bonds is 3. The molecule has 1 atom stereocenters. The first kappa shape index (κ1) is 18.7. The fourth-order valence-corrected chi connectivity index (χ4v) is 4.25. The van der Waals surface area contributed by atoms with Crippen molar-refractivity contribution in [2.75, 3.05) is 26.2 Å². The Labute approximate surface area is 153 Å². The van der Waals surface area contributed by atoms with Gasteiger partial charge in [0.1, 0.15) is 12.1 Å². The van der Waals surface area contributed by atoms with Gasteiger partial charge in [-0.1, -0.05) is 0 Å². The molecule has 3 aliphatic rings. The van der Waals surface area contributed by atoms with Gasteiger partial charge < -0.3 is 15.1 Å². The van der Waals surface area contributed by atoms with Crippen molar-refractivity contribution in [1.29, 1.82) is 0 Å². The Kier molecular flexibility index (Phi) is 4.48. The van der Waals surface area contributed by atoms with Crippen LogP contribution in [0.4, 0.5) is 4.79 Å². The summed E-state index contributed by atoms with van der Waals surface area (Å²) in [7, 11) is 0. The third-order valence-electron chi connectivity index (χ3n) is 5.84. The average Bonchev–Trinajstić information content (AvgIpc) is 3.06. The smallest absolute Gasteiger partial charge is 0.325 e.